The van der Waals surface area contributed by atoms with E-state index in [0.717, 1.165) is 27.5 Å². The summed E-state index contributed by atoms with van der Waals surface area (Å²) in [5.41, 5.74) is 14.9. The molecule has 0 spiro atoms. The Morgan fingerprint density at radius 2 is 1.76 bits per heavy atom. The number of hydrogen-bond acceptors (Lipinski definition) is 7. The molecular weight excluding hydrogens is 432 g/mol. The number of ether oxygens (including phenoxy) is 2. The van der Waals surface area contributed by atoms with Crippen LogP contribution in [0.25, 0.3) is 10.8 Å². The largest absolute Gasteiger partial charge is 0.493 e. The number of anilines is 2. The highest BCUT2D eigenvalue weighted by atomic mass is 16.5. The van der Waals surface area contributed by atoms with Gasteiger partial charge in [-0.2, -0.15) is 4.98 Å². The van der Waals surface area contributed by atoms with E-state index in [-0.39, 0.29) is 11.5 Å². The quantitative estimate of drug-likeness (QED) is 0.390. The van der Waals surface area contributed by atoms with E-state index in [4.69, 9.17) is 20.9 Å². The molecule has 0 unspecified atom stereocenters. The number of nitrogens with zero attached hydrogens (tertiary/aromatic N) is 2. The van der Waals surface area contributed by atoms with Gasteiger partial charge in [0.05, 0.1) is 25.3 Å². The van der Waals surface area contributed by atoms with Crippen LogP contribution in [0.15, 0.2) is 54.7 Å². The molecule has 0 saturated heterocycles. The van der Waals surface area contributed by atoms with Crippen LogP contribution in [0, 0.1) is 11.8 Å². The third kappa shape index (κ3) is 4.69. The molecule has 4 rings (SSSR count). The summed E-state index contributed by atoms with van der Waals surface area (Å²) in [6.45, 7) is 0. The number of fused-ring (bicyclic) bond motifs is 1. The summed E-state index contributed by atoms with van der Waals surface area (Å²) in [4.78, 5) is 19.2. The maximum absolute atomic E-state index is 11.2. The molecule has 3 aromatic carbocycles. The summed E-state index contributed by atoms with van der Waals surface area (Å²) in [6.07, 6.45) is 2.06. The van der Waals surface area contributed by atoms with Crippen LogP contribution in [0.4, 0.5) is 11.8 Å². The summed E-state index contributed by atoms with van der Waals surface area (Å²) >= 11 is 0. The first-order chi connectivity index (χ1) is 16.4. The molecule has 4 aromatic rings. The van der Waals surface area contributed by atoms with Gasteiger partial charge in [0.25, 0.3) is 0 Å². The van der Waals surface area contributed by atoms with E-state index in [0.29, 0.717) is 29.3 Å². The van der Waals surface area contributed by atoms with Crippen molar-refractivity contribution in [1.82, 2.24) is 9.97 Å². The minimum Gasteiger partial charge on any atom is -0.493 e. The minimum atomic E-state index is -0.959. The number of carboxylic acids is 1. The molecule has 0 atom stereocenters. The third-order valence-electron chi connectivity index (χ3n) is 5.28. The molecule has 0 bridgehead atoms. The number of aromatic nitrogens is 2. The van der Waals surface area contributed by atoms with Crippen molar-refractivity contribution in [1.29, 1.82) is 0 Å². The Balaban J connectivity index is 1.71. The van der Waals surface area contributed by atoms with Gasteiger partial charge < -0.3 is 26.0 Å². The van der Waals surface area contributed by atoms with Gasteiger partial charge in [-0.05, 0) is 52.7 Å². The molecule has 170 valence electrons. The van der Waals surface area contributed by atoms with Crippen molar-refractivity contribution < 1.29 is 19.4 Å². The number of nitrogens with two attached hydrogens (primary N) is 2. The molecule has 34 heavy (non-hydrogen) atoms. The number of rotatable bonds is 5. The zero-order valence-corrected chi connectivity index (χ0v) is 18.6. The van der Waals surface area contributed by atoms with E-state index in [9.17, 15) is 9.90 Å². The number of nitrogen functional groups attached to an aromatic ring is 2. The smallest absolute Gasteiger partial charge is 0.335 e. The molecule has 1 aromatic heterocycles. The van der Waals surface area contributed by atoms with Crippen LogP contribution in [0.1, 0.15) is 32.6 Å². The highest BCUT2D eigenvalue weighted by molar-refractivity contribution is 5.94. The van der Waals surface area contributed by atoms with Gasteiger partial charge in [0.2, 0.25) is 5.95 Å². The van der Waals surface area contributed by atoms with E-state index < -0.39 is 5.97 Å². The average molecular weight is 454 g/mol. The highest BCUT2D eigenvalue weighted by Gasteiger charge is 2.13. The maximum atomic E-state index is 11.2. The van der Waals surface area contributed by atoms with Crippen LogP contribution in [0.5, 0.6) is 11.5 Å². The summed E-state index contributed by atoms with van der Waals surface area (Å²) in [5.74, 6) is 6.87. The first-order valence-electron chi connectivity index (χ1n) is 10.3. The molecule has 0 amide bonds. The molecule has 0 aliphatic carbocycles. The first kappa shape index (κ1) is 22.4. The lowest BCUT2D eigenvalue weighted by molar-refractivity contribution is 0.0697. The zero-order valence-electron chi connectivity index (χ0n) is 18.6. The van der Waals surface area contributed by atoms with Crippen LogP contribution < -0.4 is 20.9 Å². The normalized spacial score (nSPS) is 10.4. The summed E-state index contributed by atoms with van der Waals surface area (Å²) in [6, 6.07) is 14.4. The predicted molar refractivity (Wildman–Crippen MR) is 130 cm³/mol. The maximum Gasteiger partial charge on any atom is 0.335 e. The predicted octanol–water partition coefficient (Wildman–Crippen LogP) is 3.50. The fourth-order valence-corrected chi connectivity index (χ4v) is 3.60. The van der Waals surface area contributed by atoms with Crippen molar-refractivity contribution in [2.24, 2.45) is 0 Å². The van der Waals surface area contributed by atoms with Gasteiger partial charge >= 0.3 is 5.97 Å². The van der Waals surface area contributed by atoms with Gasteiger partial charge in [0, 0.05) is 23.7 Å². The second-order valence-corrected chi connectivity index (χ2v) is 7.53. The molecule has 1 heterocycles. The molecule has 0 saturated carbocycles. The second kappa shape index (κ2) is 9.38. The SMILES string of the molecule is COc1cc(Cc2cnc(N)nc2N)cc(C#Cc2ccc3cc(C(=O)O)ccc3c2)c1OC. The van der Waals surface area contributed by atoms with Crippen molar-refractivity contribution in [3.63, 3.8) is 0 Å². The van der Waals surface area contributed by atoms with Gasteiger partial charge in [-0.15, -0.1) is 0 Å². The van der Waals surface area contributed by atoms with E-state index in [1.54, 1.807) is 38.6 Å². The number of hydrogen-bond donors (Lipinski definition) is 3. The molecule has 8 nitrogen and oxygen atoms in total. The Bertz CT molecular complexity index is 1470. The summed E-state index contributed by atoms with van der Waals surface area (Å²) in [7, 11) is 3.12. The zero-order chi connectivity index (χ0) is 24.2. The molecular formula is C26H22N4O4. The number of carbonyl (C=O) groups is 1. The number of carboxylic acid groups (broad SMARTS) is 1. The first-order valence-corrected chi connectivity index (χ1v) is 10.3. The van der Waals surface area contributed by atoms with Crippen LogP contribution in [0.3, 0.4) is 0 Å². The Hall–Kier alpha value is -4.77. The van der Waals surface area contributed by atoms with E-state index in [1.807, 2.05) is 30.3 Å². The fraction of sp³-hybridized carbons (Fsp3) is 0.115. The molecule has 0 radical (unpaired) electrons. The molecule has 8 heteroatoms. The lowest BCUT2D eigenvalue weighted by atomic mass is 10.0. The van der Waals surface area contributed by atoms with Gasteiger partial charge in [-0.25, -0.2) is 9.78 Å². The average Bonchev–Trinajstić information content (AvgIpc) is 2.83. The molecule has 0 aliphatic rings. The van der Waals surface area contributed by atoms with Gasteiger partial charge in [0.15, 0.2) is 11.5 Å². The van der Waals surface area contributed by atoms with Crippen LogP contribution in [-0.4, -0.2) is 35.3 Å². The lowest BCUT2D eigenvalue weighted by Gasteiger charge is -2.13. The van der Waals surface area contributed by atoms with Crippen LogP contribution in [0.2, 0.25) is 0 Å². The standard InChI is InChI=1S/C26H22N4O4/c1-33-22-12-16(11-21-14-29-26(28)30-24(21)27)10-19(23(22)34-2)6-4-15-3-5-18-13-20(25(31)32)8-7-17(18)9-15/h3,5,7-10,12-14H,11H2,1-2H3,(H,31,32)(H4,27,28,29,30). The monoisotopic (exact) mass is 454 g/mol. The number of methoxy groups -OCH3 is 2. The van der Waals surface area contributed by atoms with Crippen molar-refractivity contribution in [3.8, 4) is 23.3 Å². The minimum absolute atomic E-state index is 0.120. The lowest BCUT2D eigenvalue weighted by Crippen LogP contribution is -2.04. The van der Waals surface area contributed by atoms with Gasteiger partial charge in [-0.1, -0.05) is 24.0 Å². The van der Waals surface area contributed by atoms with Crippen LogP contribution >= 0.6 is 0 Å². The third-order valence-corrected chi connectivity index (χ3v) is 5.28. The second-order valence-electron chi connectivity index (χ2n) is 7.53. The van der Waals surface area contributed by atoms with Crippen molar-refractivity contribution in [2.45, 2.75) is 6.42 Å². The Labute approximate surface area is 196 Å². The van der Waals surface area contributed by atoms with E-state index in [2.05, 4.69) is 21.8 Å². The Morgan fingerprint density at radius 3 is 2.47 bits per heavy atom. The summed E-state index contributed by atoms with van der Waals surface area (Å²) < 4.78 is 11.1. The molecule has 0 aliphatic heterocycles. The van der Waals surface area contributed by atoms with Crippen molar-refractivity contribution >= 4 is 28.5 Å². The Kier molecular flexibility index (Phi) is 6.19. The van der Waals surface area contributed by atoms with Gasteiger partial charge in [-0.3, -0.25) is 0 Å². The fourth-order valence-electron chi connectivity index (χ4n) is 3.60. The van der Waals surface area contributed by atoms with Gasteiger partial charge in [0.1, 0.15) is 5.82 Å². The van der Waals surface area contributed by atoms with Crippen molar-refractivity contribution in [2.75, 3.05) is 25.7 Å². The van der Waals surface area contributed by atoms with E-state index in [1.165, 1.54) is 0 Å². The highest BCUT2D eigenvalue weighted by Crippen LogP contribution is 2.33. The number of benzene rings is 3. The Morgan fingerprint density at radius 1 is 1.00 bits per heavy atom. The van der Waals surface area contributed by atoms with Crippen molar-refractivity contribution in [3.05, 3.63) is 82.5 Å². The number of aromatic carboxylic acids is 1. The van der Waals surface area contributed by atoms with Crippen LogP contribution in [-0.2, 0) is 6.42 Å². The molecule has 5 N–H and O–H groups in total. The topological polar surface area (TPSA) is 134 Å². The molecule has 0 fully saturated rings. The van der Waals surface area contributed by atoms with E-state index >= 15 is 0 Å². The summed E-state index contributed by atoms with van der Waals surface area (Å²) in [5, 5.41) is 10.9.